The van der Waals surface area contributed by atoms with Gasteiger partial charge in [0.15, 0.2) is 0 Å². The smallest absolute Gasteiger partial charge is 0.251 e. The molecule has 0 atom stereocenters. The molecule has 3 aromatic rings. The average Bonchev–Trinajstić information content (AvgIpc) is 3.41. The summed E-state index contributed by atoms with van der Waals surface area (Å²) in [6.07, 6.45) is 1.71. The number of aromatic nitrogens is 1. The lowest BCUT2D eigenvalue weighted by Crippen LogP contribution is -2.44. The van der Waals surface area contributed by atoms with E-state index in [0.717, 1.165) is 62.0 Å². The molecular formula is C27H31N3O3S. The summed E-state index contributed by atoms with van der Waals surface area (Å²) in [7, 11) is 0. The first-order valence-electron chi connectivity index (χ1n) is 12.0. The van der Waals surface area contributed by atoms with Gasteiger partial charge in [-0.3, -0.25) is 9.69 Å². The maximum atomic E-state index is 13.0. The number of ether oxygens (including phenoxy) is 2. The minimum absolute atomic E-state index is 0.0383. The molecule has 0 spiro atoms. The number of nitrogens with one attached hydrogen (secondary N) is 1. The van der Waals surface area contributed by atoms with Crippen LogP contribution in [-0.4, -0.2) is 61.9 Å². The third-order valence-electron chi connectivity index (χ3n) is 6.79. The van der Waals surface area contributed by atoms with E-state index < -0.39 is 0 Å². The Labute approximate surface area is 204 Å². The average molecular weight is 478 g/mol. The van der Waals surface area contributed by atoms with Gasteiger partial charge in [0.2, 0.25) is 0 Å². The lowest BCUT2D eigenvalue weighted by molar-refractivity contribution is 0.0342. The normalized spacial score (nSPS) is 18.5. The van der Waals surface area contributed by atoms with Gasteiger partial charge in [-0.1, -0.05) is 42.5 Å². The van der Waals surface area contributed by atoms with Crippen LogP contribution in [0.2, 0.25) is 0 Å². The molecule has 7 heteroatoms. The van der Waals surface area contributed by atoms with E-state index in [0.29, 0.717) is 25.3 Å². The van der Waals surface area contributed by atoms with E-state index in [2.05, 4.69) is 39.9 Å². The van der Waals surface area contributed by atoms with Crippen molar-refractivity contribution in [2.75, 3.05) is 46.1 Å². The van der Waals surface area contributed by atoms with Crippen molar-refractivity contribution >= 4 is 17.2 Å². The van der Waals surface area contributed by atoms with Crippen LogP contribution < -0.4 is 5.32 Å². The molecule has 3 heterocycles. The van der Waals surface area contributed by atoms with Gasteiger partial charge in [0.1, 0.15) is 5.01 Å². The zero-order valence-electron chi connectivity index (χ0n) is 19.4. The Morgan fingerprint density at radius 1 is 0.971 bits per heavy atom. The Balaban J connectivity index is 1.25. The topological polar surface area (TPSA) is 63.7 Å². The summed E-state index contributed by atoms with van der Waals surface area (Å²) in [6.45, 7) is 6.32. The molecule has 0 saturated carbocycles. The van der Waals surface area contributed by atoms with E-state index in [9.17, 15) is 4.79 Å². The lowest BCUT2D eigenvalue weighted by atomic mass is 9.80. The van der Waals surface area contributed by atoms with Gasteiger partial charge in [0.05, 0.1) is 18.9 Å². The highest BCUT2D eigenvalue weighted by Crippen LogP contribution is 2.38. The molecule has 0 unspecified atom stereocenters. The largest absolute Gasteiger partial charge is 0.381 e. The van der Waals surface area contributed by atoms with Gasteiger partial charge >= 0.3 is 0 Å². The molecule has 2 aliphatic heterocycles. The number of hydrogen-bond acceptors (Lipinski definition) is 6. The Morgan fingerprint density at radius 3 is 2.41 bits per heavy atom. The van der Waals surface area contributed by atoms with Gasteiger partial charge < -0.3 is 14.8 Å². The van der Waals surface area contributed by atoms with Crippen LogP contribution in [-0.2, 0) is 21.4 Å². The highest BCUT2D eigenvalue weighted by atomic mass is 32.1. The maximum absolute atomic E-state index is 13.0. The van der Waals surface area contributed by atoms with E-state index in [1.807, 2.05) is 30.3 Å². The molecule has 2 saturated heterocycles. The fourth-order valence-corrected chi connectivity index (χ4v) is 5.71. The van der Waals surface area contributed by atoms with Gasteiger partial charge in [-0.05, 0) is 30.5 Å². The monoisotopic (exact) mass is 477 g/mol. The highest BCUT2D eigenvalue weighted by Gasteiger charge is 2.37. The Bertz CT molecular complexity index is 1070. The Hall–Kier alpha value is -2.58. The fraction of sp³-hybridized carbons (Fsp3) is 0.407. The van der Waals surface area contributed by atoms with E-state index in [-0.39, 0.29) is 11.3 Å². The van der Waals surface area contributed by atoms with E-state index >= 15 is 0 Å². The van der Waals surface area contributed by atoms with E-state index in [4.69, 9.17) is 14.5 Å². The summed E-state index contributed by atoms with van der Waals surface area (Å²) in [5.41, 5.74) is 3.83. The van der Waals surface area contributed by atoms with Crippen molar-refractivity contribution < 1.29 is 14.3 Å². The molecule has 2 fully saturated rings. The van der Waals surface area contributed by atoms with Gasteiger partial charge in [-0.2, -0.15) is 0 Å². The zero-order chi connectivity index (χ0) is 23.2. The molecule has 34 heavy (non-hydrogen) atoms. The number of benzene rings is 2. The van der Waals surface area contributed by atoms with Gasteiger partial charge in [0.25, 0.3) is 5.91 Å². The summed E-state index contributed by atoms with van der Waals surface area (Å²) in [4.78, 5) is 20.4. The molecule has 2 aromatic carbocycles. The summed E-state index contributed by atoms with van der Waals surface area (Å²) >= 11 is 1.68. The van der Waals surface area contributed by atoms with Crippen molar-refractivity contribution in [1.29, 1.82) is 0 Å². The van der Waals surface area contributed by atoms with Crippen LogP contribution in [0.1, 0.15) is 33.8 Å². The third-order valence-corrected chi connectivity index (χ3v) is 7.88. The molecule has 178 valence electrons. The summed E-state index contributed by atoms with van der Waals surface area (Å²) in [5.74, 6) is -0.0383. The molecule has 1 amide bonds. The lowest BCUT2D eigenvalue weighted by Gasteiger charge is -2.35. The minimum atomic E-state index is -0.193. The molecule has 6 nitrogen and oxygen atoms in total. The molecule has 1 aromatic heterocycles. The first-order valence-corrected chi connectivity index (χ1v) is 12.9. The van der Waals surface area contributed by atoms with Crippen LogP contribution in [0.15, 0.2) is 60.0 Å². The molecule has 0 radical (unpaired) electrons. The van der Waals surface area contributed by atoms with Crippen LogP contribution in [0, 0.1) is 0 Å². The molecule has 0 bridgehead atoms. The van der Waals surface area contributed by atoms with Crippen LogP contribution in [0.25, 0.3) is 11.3 Å². The van der Waals surface area contributed by atoms with E-state index in [1.165, 1.54) is 5.56 Å². The first-order chi connectivity index (χ1) is 16.7. The number of hydrogen-bond donors (Lipinski definition) is 1. The minimum Gasteiger partial charge on any atom is -0.381 e. The number of amides is 1. The number of carbonyl (C=O) groups is 1. The van der Waals surface area contributed by atoms with Crippen molar-refractivity contribution in [2.45, 2.75) is 24.8 Å². The quantitative estimate of drug-likeness (QED) is 0.555. The van der Waals surface area contributed by atoms with Gasteiger partial charge in [-0.15, -0.1) is 11.3 Å². The number of thiazole rings is 1. The highest BCUT2D eigenvalue weighted by molar-refractivity contribution is 7.10. The second-order valence-corrected chi connectivity index (χ2v) is 9.92. The molecule has 0 aliphatic carbocycles. The van der Waals surface area contributed by atoms with Crippen molar-refractivity contribution in [3.63, 3.8) is 0 Å². The predicted octanol–water partition coefficient (Wildman–Crippen LogP) is 4.12. The Kier molecular flexibility index (Phi) is 7.35. The third kappa shape index (κ3) is 5.39. The second-order valence-electron chi connectivity index (χ2n) is 9.06. The molecule has 1 N–H and O–H groups in total. The van der Waals surface area contributed by atoms with Crippen molar-refractivity contribution in [2.24, 2.45) is 0 Å². The fourth-order valence-electron chi connectivity index (χ4n) is 4.62. The predicted molar refractivity (Wildman–Crippen MR) is 134 cm³/mol. The van der Waals surface area contributed by atoms with Gasteiger partial charge in [-0.25, -0.2) is 4.98 Å². The number of rotatable bonds is 7. The first kappa shape index (κ1) is 23.2. The van der Waals surface area contributed by atoms with Crippen molar-refractivity contribution in [3.05, 3.63) is 76.1 Å². The molecular weight excluding hydrogens is 446 g/mol. The number of carbonyl (C=O) groups excluding carboxylic acids is 1. The maximum Gasteiger partial charge on any atom is 0.251 e. The second kappa shape index (κ2) is 10.8. The summed E-state index contributed by atoms with van der Waals surface area (Å²) < 4.78 is 11.1. The van der Waals surface area contributed by atoms with Gasteiger partial charge in [0, 0.05) is 61.3 Å². The summed E-state index contributed by atoms with van der Waals surface area (Å²) in [5, 5.41) is 6.40. The van der Waals surface area contributed by atoms with E-state index in [1.54, 1.807) is 11.3 Å². The zero-order valence-corrected chi connectivity index (χ0v) is 20.2. The SMILES string of the molecule is O=C(NCC1(c2nc(-c3ccccc3)cs2)CCOCC1)c1ccc(CN2CCOCC2)cc1. The standard InChI is InChI=1S/C27H31N3O3S/c31-25(23-8-6-21(7-9-23)18-30-12-16-33-17-13-30)28-20-27(10-14-32-15-11-27)26-29-24(19-34-26)22-4-2-1-3-5-22/h1-9,19H,10-18,20H2,(H,28,31). The van der Waals surface area contributed by atoms with Crippen LogP contribution in [0.3, 0.4) is 0 Å². The van der Waals surface area contributed by atoms with Crippen LogP contribution in [0.4, 0.5) is 0 Å². The van der Waals surface area contributed by atoms with Crippen LogP contribution >= 0.6 is 11.3 Å². The number of nitrogens with zero attached hydrogens (tertiary/aromatic N) is 2. The van der Waals surface area contributed by atoms with Crippen molar-refractivity contribution in [3.8, 4) is 11.3 Å². The molecule has 2 aliphatic rings. The van der Waals surface area contributed by atoms with Crippen molar-refractivity contribution in [1.82, 2.24) is 15.2 Å². The van der Waals surface area contributed by atoms with Crippen LogP contribution in [0.5, 0.6) is 0 Å². The number of morpholine rings is 1. The summed E-state index contributed by atoms with van der Waals surface area (Å²) in [6, 6.07) is 18.2. The Morgan fingerprint density at radius 2 is 1.68 bits per heavy atom. The molecule has 5 rings (SSSR count).